The van der Waals surface area contributed by atoms with Gasteiger partial charge < -0.3 is 14.9 Å². The lowest BCUT2D eigenvalue weighted by Gasteiger charge is -2.15. The number of nitrogens with zero attached hydrogens (tertiary/aromatic N) is 1. The zero-order chi connectivity index (χ0) is 14.2. The minimum Gasteiger partial charge on any atom is -0.394 e. The van der Waals surface area contributed by atoms with Crippen molar-refractivity contribution in [2.75, 3.05) is 6.61 Å². The molecule has 1 aliphatic heterocycles. The van der Waals surface area contributed by atoms with E-state index in [1.165, 1.54) is 0 Å². The van der Waals surface area contributed by atoms with Gasteiger partial charge in [0.1, 0.15) is 12.3 Å². The van der Waals surface area contributed by atoms with E-state index in [1.807, 2.05) is 0 Å². The molecule has 1 aromatic heterocycles. The fraction of sp³-hybridized carbons (Fsp3) is 0.600. The zero-order valence-corrected chi connectivity index (χ0v) is 9.62. The highest BCUT2D eigenvalue weighted by Crippen LogP contribution is 2.27. The lowest BCUT2D eigenvalue weighted by atomic mass is 10.2. The Hall–Kier alpha value is -1.58. The molecule has 2 rings (SSSR count). The molecular weight excluding hydrogens is 266 g/mol. The molecule has 3 atom stereocenters. The van der Waals surface area contributed by atoms with Gasteiger partial charge in [0.05, 0.1) is 18.3 Å². The van der Waals surface area contributed by atoms with E-state index < -0.39 is 48.3 Å². The van der Waals surface area contributed by atoms with Crippen molar-refractivity contribution in [1.82, 2.24) is 9.55 Å². The van der Waals surface area contributed by atoms with Crippen LogP contribution in [0.5, 0.6) is 0 Å². The molecule has 0 aliphatic carbocycles. The monoisotopic (exact) mass is 278 g/mol. The van der Waals surface area contributed by atoms with Gasteiger partial charge in [-0.05, 0) is 0 Å². The first kappa shape index (κ1) is 13.8. The number of H-pyrrole nitrogens is 1. The van der Waals surface area contributed by atoms with Gasteiger partial charge >= 0.3 is 5.69 Å². The molecule has 7 nitrogen and oxygen atoms in total. The number of ether oxygens (including phenoxy) is 1. The Morgan fingerprint density at radius 1 is 1.53 bits per heavy atom. The van der Waals surface area contributed by atoms with Crippen LogP contribution in [0.3, 0.4) is 0 Å². The van der Waals surface area contributed by atoms with Gasteiger partial charge in [0.2, 0.25) is 0 Å². The van der Waals surface area contributed by atoms with Crippen molar-refractivity contribution in [3.05, 3.63) is 32.6 Å². The van der Waals surface area contributed by atoms with Crippen molar-refractivity contribution in [3.8, 4) is 0 Å². The van der Waals surface area contributed by atoms with Crippen LogP contribution in [0, 0.1) is 0 Å². The number of aliphatic hydroxyl groups is 2. The summed E-state index contributed by atoms with van der Waals surface area (Å²) in [6.45, 7) is -0.461. The number of aliphatic hydroxyl groups excluding tert-OH is 2. The maximum absolute atomic E-state index is 12.6. The van der Waals surface area contributed by atoms with Gasteiger partial charge in [-0.1, -0.05) is 0 Å². The number of halogens is 2. The minimum atomic E-state index is -3.03. The van der Waals surface area contributed by atoms with Crippen LogP contribution in [0.2, 0.25) is 0 Å². The van der Waals surface area contributed by atoms with Crippen molar-refractivity contribution in [3.63, 3.8) is 0 Å². The summed E-state index contributed by atoms with van der Waals surface area (Å²) in [4.78, 5) is 24.5. The summed E-state index contributed by atoms with van der Waals surface area (Å²) < 4.78 is 31.1. The van der Waals surface area contributed by atoms with Crippen molar-refractivity contribution in [2.24, 2.45) is 0 Å². The largest absolute Gasteiger partial charge is 0.394 e. The summed E-state index contributed by atoms with van der Waals surface area (Å²) in [5, 5.41) is 18.4. The summed E-state index contributed by atoms with van der Waals surface area (Å²) in [6.07, 6.45) is -5.27. The molecule has 3 N–H and O–H groups in total. The number of hydrogen-bond acceptors (Lipinski definition) is 5. The highest BCUT2D eigenvalue weighted by molar-refractivity contribution is 5.06. The van der Waals surface area contributed by atoms with E-state index in [9.17, 15) is 23.5 Å². The first-order chi connectivity index (χ1) is 8.93. The smallest absolute Gasteiger partial charge is 0.330 e. The lowest BCUT2D eigenvalue weighted by Crippen LogP contribution is -2.34. The van der Waals surface area contributed by atoms with Gasteiger partial charge in [-0.25, -0.2) is 13.6 Å². The molecule has 0 amide bonds. The topological polar surface area (TPSA) is 105 Å². The average molecular weight is 278 g/mol. The molecule has 1 aromatic rings. The number of aromatic amines is 1. The van der Waals surface area contributed by atoms with E-state index in [0.717, 1.165) is 4.57 Å². The van der Waals surface area contributed by atoms with Gasteiger partial charge in [-0.3, -0.25) is 14.3 Å². The van der Waals surface area contributed by atoms with Crippen LogP contribution in [0.4, 0.5) is 8.78 Å². The summed E-state index contributed by atoms with van der Waals surface area (Å²) >= 11 is 0. The fourth-order valence-electron chi connectivity index (χ4n) is 1.92. The summed E-state index contributed by atoms with van der Waals surface area (Å²) in [5.74, 6) is 0. The molecule has 1 fully saturated rings. The zero-order valence-electron chi connectivity index (χ0n) is 9.62. The summed E-state index contributed by atoms with van der Waals surface area (Å²) in [7, 11) is 0. The van der Waals surface area contributed by atoms with E-state index in [1.54, 1.807) is 4.98 Å². The molecule has 1 saturated heterocycles. The third-order valence-corrected chi connectivity index (χ3v) is 2.92. The first-order valence-corrected chi connectivity index (χ1v) is 5.52. The van der Waals surface area contributed by atoms with Crippen LogP contribution in [-0.4, -0.2) is 38.6 Å². The van der Waals surface area contributed by atoms with Gasteiger partial charge in [-0.2, -0.15) is 0 Å². The van der Waals surface area contributed by atoms with Gasteiger partial charge in [0.25, 0.3) is 12.0 Å². The van der Waals surface area contributed by atoms with Crippen molar-refractivity contribution in [2.45, 2.75) is 31.3 Å². The molecule has 1 aliphatic rings. The number of hydrogen-bond donors (Lipinski definition) is 3. The molecule has 0 unspecified atom stereocenters. The van der Waals surface area contributed by atoms with Crippen molar-refractivity contribution >= 4 is 0 Å². The highest BCUT2D eigenvalue weighted by Gasteiger charge is 2.35. The van der Waals surface area contributed by atoms with Crippen LogP contribution in [-0.2, 0) is 4.74 Å². The Bertz CT molecular complexity index is 570. The van der Waals surface area contributed by atoms with Crippen LogP contribution in [0.25, 0.3) is 0 Å². The van der Waals surface area contributed by atoms with E-state index in [4.69, 9.17) is 9.84 Å². The maximum atomic E-state index is 12.6. The number of nitrogens with one attached hydrogen (secondary N) is 1. The minimum absolute atomic E-state index is 0.0418. The Balaban J connectivity index is 2.38. The van der Waals surface area contributed by atoms with Crippen LogP contribution in [0.15, 0.2) is 15.8 Å². The van der Waals surface area contributed by atoms with Gasteiger partial charge in [0.15, 0.2) is 0 Å². The standard InChI is InChI=1S/C10H12F2N2O5/c11-8(12)4-2-14(10(18)13-9(4)17)7-1-5(16)6(3-15)19-7/h2,5-8,15-16H,1,3H2,(H,13,17,18)/t5-,6+,7+/m0/s1. The Morgan fingerprint density at radius 3 is 2.74 bits per heavy atom. The second-order valence-corrected chi connectivity index (χ2v) is 4.17. The van der Waals surface area contributed by atoms with Gasteiger partial charge in [-0.15, -0.1) is 0 Å². The molecule has 19 heavy (non-hydrogen) atoms. The third kappa shape index (κ3) is 2.57. The maximum Gasteiger partial charge on any atom is 0.330 e. The highest BCUT2D eigenvalue weighted by atomic mass is 19.3. The molecular formula is C10H12F2N2O5. The van der Waals surface area contributed by atoms with Crippen molar-refractivity contribution in [1.29, 1.82) is 0 Å². The lowest BCUT2D eigenvalue weighted by molar-refractivity contribution is -0.0462. The van der Waals surface area contributed by atoms with Crippen LogP contribution >= 0.6 is 0 Å². The summed E-state index contributed by atoms with van der Waals surface area (Å²) in [5.41, 5.74) is -2.93. The quantitative estimate of drug-likeness (QED) is 0.665. The first-order valence-electron chi connectivity index (χ1n) is 5.52. The number of rotatable bonds is 3. The SMILES string of the molecule is O=c1[nH]c(=O)n([C@H]2C[C@H](O)[C@@H](CO)O2)cc1C(F)F. The molecule has 0 radical (unpaired) electrons. The fourth-order valence-corrected chi connectivity index (χ4v) is 1.92. The second kappa shape index (κ2) is 5.19. The van der Waals surface area contributed by atoms with Crippen LogP contribution in [0.1, 0.15) is 24.6 Å². The number of aromatic nitrogens is 2. The number of alkyl halides is 2. The second-order valence-electron chi connectivity index (χ2n) is 4.17. The Kier molecular flexibility index (Phi) is 3.78. The van der Waals surface area contributed by atoms with Gasteiger partial charge in [0, 0.05) is 12.6 Å². The predicted molar refractivity (Wildman–Crippen MR) is 57.9 cm³/mol. The molecule has 0 saturated carbocycles. The molecule has 9 heteroatoms. The molecule has 0 aromatic carbocycles. The molecule has 106 valence electrons. The Labute approximate surface area is 105 Å². The average Bonchev–Trinajstić information content (AvgIpc) is 2.69. The Morgan fingerprint density at radius 2 is 2.21 bits per heavy atom. The van der Waals surface area contributed by atoms with E-state index >= 15 is 0 Å². The van der Waals surface area contributed by atoms with E-state index in [2.05, 4.69) is 0 Å². The van der Waals surface area contributed by atoms with E-state index in [-0.39, 0.29) is 6.42 Å². The molecule has 0 spiro atoms. The predicted octanol–water partition coefficient (Wildman–Crippen LogP) is -0.885. The summed E-state index contributed by atoms with van der Waals surface area (Å²) in [6, 6.07) is 0. The van der Waals surface area contributed by atoms with E-state index in [0.29, 0.717) is 6.20 Å². The van der Waals surface area contributed by atoms with Crippen LogP contribution < -0.4 is 11.2 Å². The third-order valence-electron chi connectivity index (χ3n) is 2.92. The van der Waals surface area contributed by atoms with Crippen molar-refractivity contribution < 1.29 is 23.7 Å². The normalized spacial score (nSPS) is 27.1. The molecule has 2 heterocycles. The molecule has 0 bridgehead atoms.